The highest BCUT2D eigenvalue weighted by atomic mass is 127. The SMILES string of the molecule is CCNC(=NCC(C)Oc1cccc(C)c1)N1CCC(c2ncn[nH]2)CC1.I. The Morgan fingerprint density at radius 1 is 1.39 bits per heavy atom. The molecule has 1 unspecified atom stereocenters. The maximum atomic E-state index is 6.00. The molecule has 0 aliphatic carbocycles. The van der Waals surface area contributed by atoms with Crippen molar-refractivity contribution in [1.29, 1.82) is 0 Å². The Morgan fingerprint density at radius 2 is 2.18 bits per heavy atom. The topological polar surface area (TPSA) is 78.4 Å². The largest absolute Gasteiger partial charge is 0.489 e. The third-order valence-corrected chi connectivity index (χ3v) is 4.77. The Balaban J connectivity index is 0.00000280. The van der Waals surface area contributed by atoms with Crippen LogP contribution in [0.25, 0.3) is 0 Å². The number of benzene rings is 1. The fraction of sp³-hybridized carbons (Fsp3) is 0.550. The summed E-state index contributed by atoms with van der Waals surface area (Å²) in [5.74, 6) is 3.32. The predicted octanol–water partition coefficient (Wildman–Crippen LogP) is 3.34. The van der Waals surface area contributed by atoms with Crippen LogP contribution in [0.4, 0.5) is 0 Å². The van der Waals surface area contributed by atoms with Gasteiger partial charge >= 0.3 is 0 Å². The Hall–Kier alpha value is -1.84. The first-order chi connectivity index (χ1) is 13.2. The zero-order valence-corrected chi connectivity index (χ0v) is 19.2. The zero-order valence-electron chi connectivity index (χ0n) is 16.9. The van der Waals surface area contributed by atoms with Gasteiger partial charge in [-0.25, -0.2) is 9.98 Å². The molecule has 28 heavy (non-hydrogen) atoms. The van der Waals surface area contributed by atoms with Crippen molar-refractivity contribution in [3.05, 3.63) is 42.0 Å². The highest BCUT2D eigenvalue weighted by molar-refractivity contribution is 14.0. The first-order valence-electron chi connectivity index (χ1n) is 9.77. The summed E-state index contributed by atoms with van der Waals surface area (Å²) in [5.41, 5.74) is 1.20. The van der Waals surface area contributed by atoms with E-state index in [1.165, 1.54) is 5.56 Å². The van der Waals surface area contributed by atoms with Crippen LogP contribution in [0.1, 0.15) is 44.0 Å². The zero-order chi connectivity index (χ0) is 19.1. The summed E-state index contributed by atoms with van der Waals surface area (Å²) in [6.07, 6.45) is 3.71. The van der Waals surface area contributed by atoms with Crippen molar-refractivity contribution in [2.75, 3.05) is 26.2 Å². The summed E-state index contributed by atoms with van der Waals surface area (Å²) < 4.78 is 6.00. The molecule has 1 aromatic heterocycles. The summed E-state index contributed by atoms with van der Waals surface area (Å²) in [7, 11) is 0. The van der Waals surface area contributed by atoms with Crippen LogP contribution in [-0.2, 0) is 0 Å². The Morgan fingerprint density at radius 3 is 2.82 bits per heavy atom. The molecule has 1 aliphatic heterocycles. The number of H-pyrrole nitrogens is 1. The number of likely N-dealkylation sites (tertiary alicyclic amines) is 1. The fourth-order valence-corrected chi connectivity index (χ4v) is 3.38. The van der Waals surface area contributed by atoms with E-state index in [0.29, 0.717) is 12.5 Å². The van der Waals surface area contributed by atoms with E-state index >= 15 is 0 Å². The van der Waals surface area contributed by atoms with Gasteiger partial charge in [-0.3, -0.25) is 5.10 Å². The molecule has 0 spiro atoms. The Bertz CT molecular complexity index is 728. The van der Waals surface area contributed by atoms with E-state index in [-0.39, 0.29) is 30.1 Å². The van der Waals surface area contributed by atoms with Crippen LogP contribution in [0.15, 0.2) is 35.6 Å². The molecule has 1 atom stereocenters. The summed E-state index contributed by atoms with van der Waals surface area (Å²) in [4.78, 5) is 11.4. The summed E-state index contributed by atoms with van der Waals surface area (Å²) in [6, 6.07) is 8.14. The van der Waals surface area contributed by atoms with Crippen molar-refractivity contribution in [3.63, 3.8) is 0 Å². The van der Waals surface area contributed by atoms with E-state index in [1.54, 1.807) is 6.33 Å². The molecule has 0 saturated carbocycles. The van der Waals surface area contributed by atoms with Gasteiger partial charge in [-0.1, -0.05) is 12.1 Å². The molecule has 1 fully saturated rings. The van der Waals surface area contributed by atoms with Gasteiger partial charge in [0, 0.05) is 25.6 Å². The minimum atomic E-state index is 0. The van der Waals surface area contributed by atoms with Crippen molar-refractivity contribution in [3.8, 4) is 5.75 Å². The number of rotatable bonds is 6. The summed E-state index contributed by atoms with van der Waals surface area (Å²) in [5, 5.41) is 10.4. The van der Waals surface area contributed by atoms with E-state index in [4.69, 9.17) is 9.73 Å². The molecule has 2 aromatic rings. The number of guanidine groups is 1. The summed E-state index contributed by atoms with van der Waals surface area (Å²) >= 11 is 0. The lowest BCUT2D eigenvalue weighted by atomic mass is 9.96. The first kappa shape index (κ1) is 22.4. The number of piperidine rings is 1. The number of aryl methyl sites for hydroxylation is 1. The minimum Gasteiger partial charge on any atom is -0.489 e. The van der Waals surface area contributed by atoms with Crippen LogP contribution >= 0.6 is 24.0 Å². The molecular weight excluding hydrogens is 467 g/mol. The maximum absolute atomic E-state index is 6.00. The smallest absolute Gasteiger partial charge is 0.194 e. The number of aromatic amines is 1. The molecule has 154 valence electrons. The molecule has 0 amide bonds. The lowest BCUT2D eigenvalue weighted by Gasteiger charge is -2.33. The molecule has 0 bridgehead atoms. The van der Waals surface area contributed by atoms with Crippen LogP contribution in [0.2, 0.25) is 0 Å². The molecule has 1 saturated heterocycles. The molecule has 2 N–H and O–H groups in total. The average Bonchev–Trinajstić information content (AvgIpc) is 3.20. The molecule has 3 rings (SSSR count). The third-order valence-electron chi connectivity index (χ3n) is 4.77. The maximum Gasteiger partial charge on any atom is 0.194 e. The predicted molar refractivity (Wildman–Crippen MR) is 123 cm³/mol. The molecule has 1 aromatic carbocycles. The van der Waals surface area contributed by atoms with E-state index in [9.17, 15) is 0 Å². The number of hydrogen-bond acceptors (Lipinski definition) is 4. The second-order valence-corrected chi connectivity index (χ2v) is 7.07. The van der Waals surface area contributed by atoms with Crippen molar-refractivity contribution in [1.82, 2.24) is 25.4 Å². The van der Waals surface area contributed by atoms with Gasteiger partial charge in [0.15, 0.2) is 5.96 Å². The van der Waals surface area contributed by atoms with Crippen molar-refractivity contribution in [2.45, 2.75) is 45.6 Å². The Labute approximate surface area is 184 Å². The normalized spacial score (nSPS) is 16.4. The number of ether oxygens (including phenoxy) is 1. The van der Waals surface area contributed by atoms with Gasteiger partial charge in [0.1, 0.15) is 24.0 Å². The van der Waals surface area contributed by atoms with Gasteiger partial charge in [-0.05, 0) is 51.3 Å². The van der Waals surface area contributed by atoms with Crippen LogP contribution in [0.5, 0.6) is 5.75 Å². The molecule has 1 aliphatic rings. The van der Waals surface area contributed by atoms with Crippen LogP contribution < -0.4 is 10.1 Å². The van der Waals surface area contributed by atoms with Gasteiger partial charge in [0.2, 0.25) is 0 Å². The average molecular weight is 498 g/mol. The standard InChI is InChI=1S/C20H30N6O.HI/c1-4-21-20(22-13-16(3)27-18-7-5-6-15(2)12-18)26-10-8-17(9-11-26)19-23-14-24-25-19;/h5-7,12,14,16-17H,4,8-11,13H2,1-3H3,(H,21,22)(H,23,24,25);1H. The first-order valence-corrected chi connectivity index (χ1v) is 9.77. The van der Waals surface area contributed by atoms with E-state index in [0.717, 1.165) is 50.0 Å². The van der Waals surface area contributed by atoms with E-state index in [2.05, 4.69) is 58.3 Å². The fourth-order valence-electron chi connectivity index (χ4n) is 3.38. The minimum absolute atomic E-state index is 0. The summed E-state index contributed by atoms with van der Waals surface area (Å²) in [6.45, 7) is 9.64. The highest BCUT2D eigenvalue weighted by Crippen LogP contribution is 2.25. The third kappa shape index (κ3) is 6.35. The van der Waals surface area contributed by atoms with E-state index in [1.807, 2.05) is 12.1 Å². The Kier molecular flexibility index (Phi) is 9.01. The van der Waals surface area contributed by atoms with Gasteiger partial charge in [0.05, 0.1) is 6.54 Å². The molecule has 2 heterocycles. The molecule has 8 heteroatoms. The quantitative estimate of drug-likeness (QED) is 0.363. The second-order valence-electron chi connectivity index (χ2n) is 7.07. The van der Waals surface area contributed by atoms with Gasteiger partial charge in [-0.15, -0.1) is 24.0 Å². The number of aliphatic imine (C=N–C) groups is 1. The van der Waals surface area contributed by atoms with Gasteiger partial charge in [0.25, 0.3) is 0 Å². The molecular formula is C20H31IN6O. The molecule has 7 nitrogen and oxygen atoms in total. The lowest BCUT2D eigenvalue weighted by molar-refractivity contribution is 0.228. The van der Waals surface area contributed by atoms with Gasteiger partial charge in [-0.2, -0.15) is 5.10 Å². The van der Waals surface area contributed by atoms with Crippen molar-refractivity contribution in [2.24, 2.45) is 4.99 Å². The number of nitrogens with zero attached hydrogens (tertiary/aromatic N) is 4. The number of hydrogen-bond donors (Lipinski definition) is 2. The number of aromatic nitrogens is 3. The van der Waals surface area contributed by atoms with Crippen LogP contribution in [-0.4, -0.2) is 58.3 Å². The lowest BCUT2D eigenvalue weighted by Crippen LogP contribution is -2.45. The second kappa shape index (κ2) is 11.2. The van der Waals surface area contributed by atoms with Crippen molar-refractivity contribution < 1.29 is 4.74 Å². The number of nitrogens with one attached hydrogen (secondary N) is 2. The highest BCUT2D eigenvalue weighted by Gasteiger charge is 2.24. The van der Waals surface area contributed by atoms with E-state index < -0.39 is 0 Å². The van der Waals surface area contributed by atoms with Crippen LogP contribution in [0, 0.1) is 6.92 Å². The number of halogens is 1. The monoisotopic (exact) mass is 498 g/mol. The van der Waals surface area contributed by atoms with Crippen molar-refractivity contribution >= 4 is 29.9 Å². The molecule has 0 radical (unpaired) electrons. The van der Waals surface area contributed by atoms with Crippen LogP contribution in [0.3, 0.4) is 0 Å². The van der Waals surface area contributed by atoms with Gasteiger partial charge < -0.3 is 15.0 Å².